The van der Waals surface area contributed by atoms with E-state index in [1.165, 1.54) is 0 Å². The minimum atomic E-state index is -0.153. The average Bonchev–Trinajstić information content (AvgIpc) is 2.23. The van der Waals surface area contributed by atoms with E-state index in [-0.39, 0.29) is 12.7 Å². The van der Waals surface area contributed by atoms with Crippen molar-refractivity contribution < 1.29 is 9.53 Å². The topological polar surface area (TPSA) is 38.3 Å². The monoisotopic (exact) mass is 129 g/mol. The number of carbonyl (C=O) groups is 1. The predicted octanol–water partition coefficient (Wildman–Crippen LogP) is 0.913. The molecule has 0 aliphatic carbocycles. The SMILES string of the molecule is CB1NCOC1=O.CC. The van der Waals surface area contributed by atoms with Crippen molar-refractivity contribution in [3.63, 3.8) is 0 Å². The standard InChI is InChI=1S/C3H6BNO2.C2H6/c1-4-3(6)7-2-5-4;1-2/h5H,2H2,1H3;1-2H3. The summed E-state index contributed by atoms with van der Waals surface area (Å²) in [5.74, 6) is -0.153. The van der Waals surface area contributed by atoms with Crippen LogP contribution in [0, 0.1) is 0 Å². The van der Waals surface area contributed by atoms with Crippen molar-refractivity contribution in [2.24, 2.45) is 0 Å². The van der Waals surface area contributed by atoms with E-state index in [9.17, 15) is 4.79 Å². The Morgan fingerprint density at radius 3 is 2.33 bits per heavy atom. The number of rotatable bonds is 0. The van der Waals surface area contributed by atoms with Crippen LogP contribution in [-0.4, -0.2) is 19.4 Å². The van der Waals surface area contributed by atoms with Gasteiger partial charge in [0.1, 0.15) is 6.73 Å². The number of hydrogen-bond donors (Lipinski definition) is 1. The van der Waals surface area contributed by atoms with Gasteiger partial charge in [0.25, 0.3) is 5.87 Å². The molecule has 1 rings (SSSR count). The van der Waals surface area contributed by atoms with Crippen LogP contribution in [0.5, 0.6) is 0 Å². The van der Waals surface area contributed by atoms with Gasteiger partial charge in [0, 0.05) is 0 Å². The summed E-state index contributed by atoms with van der Waals surface area (Å²) in [6, 6.07) is 0. The predicted molar refractivity (Wildman–Crippen MR) is 37.4 cm³/mol. The van der Waals surface area contributed by atoms with E-state index < -0.39 is 0 Å². The van der Waals surface area contributed by atoms with Crippen LogP contribution in [0.2, 0.25) is 6.82 Å². The van der Waals surface area contributed by atoms with Gasteiger partial charge in [0.05, 0.1) is 0 Å². The maximum absolute atomic E-state index is 10.3. The van der Waals surface area contributed by atoms with Gasteiger partial charge >= 0.3 is 6.85 Å². The molecule has 1 saturated heterocycles. The van der Waals surface area contributed by atoms with Gasteiger partial charge in [-0.05, 0) is 0 Å². The van der Waals surface area contributed by atoms with Crippen molar-refractivity contribution in [2.75, 3.05) is 6.73 Å². The third-order valence-electron chi connectivity index (χ3n) is 0.958. The first-order valence-corrected chi connectivity index (χ1v) is 3.21. The molecule has 0 bridgehead atoms. The Kier molecular flexibility index (Phi) is 4.14. The molecule has 1 heterocycles. The summed E-state index contributed by atoms with van der Waals surface area (Å²) in [5, 5.41) is 2.80. The summed E-state index contributed by atoms with van der Waals surface area (Å²) in [4.78, 5) is 10.3. The van der Waals surface area contributed by atoms with Gasteiger partial charge in [-0.25, -0.2) is 0 Å². The highest BCUT2D eigenvalue weighted by atomic mass is 16.5. The van der Waals surface area contributed by atoms with Crippen LogP contribution >= 0.6 is 0 Å². The minimum Gasteiger partial charge on any atom is -0.457 e. The van der Waals surface area contributed by atoms with Crippen LogP contribution < -0.4 is 5.23 Å². The number of nitrogens with one attached hydrogen (secondary N) is 1. The lowest BCUT2D eigenvalue weighted by atomic mass is 9.67. The molecule has 0 radical (unpaired) electrons. The van der Waals surface area contributed by atoms with E-state index in [0.717, 1.165) is 0 Å². The lowest BCUT2D eigenvalue weighted by Gasteiger charge is -1.83. The fourth-order valence-electron chi connectivity index (χ4n) is 0.446. The number of ether oxygens (including phenoxy) is 1. The quantitative estimate of drug-likeness (QED) is 0.494. The molecule has 4 heteroatoms. The average molecular weight is 129 g/mol. The van der Waals surface area contributed by atoms with Crippen molar-refractivity contribution in [1.29, 1.82) is 0 Å². The zero-order valence-electron chi connectivity index (χ0n) is 6.10. The molecule has 3 nitrogen and oxygen atoms in total. The van der Waals surface area contributed by atoms with Crippen molar-refractivity contribution in [3.8, 4) is 0 Å². The van der Waals surface area contributed by atoms with E-state index >= 15 is 0 Å². The molecule has 0 aromatic heterocycles. The van der Waals surface area contributed by atoms with Gasteiger partial charge in [0.2, 0.25) is 0 Å². The Hall–Kier alpha value is -0.505. The zero-order chi connectivity index (χ0) is 7.28. The minimum absolute atomic E-state index is 0.0972. The van der Waals surface area contributed by atoms with Gasteiger partial charge in [-0.2, -0.15) is 0 Å². The van der Waals surface area contributed by atoms with E-state index in [0.29, 0.717) is 6.73 Å². The van der Waals surface area contributed by atoms with Gasteiger partial charge in [0.15, 0.2) is 0 Å². The molecule has 0 spiro atoms. The fourth-order valence-corrected chi connectivity index (χ4v) is 0.446. The van der Waals surface area contributed by atoms with Crippen LogP contribution in [0.25, 0.3) is 0 Å². The van der Waals surface area contributed by atoms with Gasteiger partial charge in [-0.3, -0.25) is 4.79 Å². The highest BCUT2D eigenvalue weighted by molar-refractivity contribution is 6.86. The second-order valence-corrected chi connectivity index (χ2v) is 1.53. The van der Waals surface area contributed by atoms with Gasteiger partial charge < -0.3 is 9.96 Å². The lowest BCUT2D eigenvalue weighted by Crippen LogP contribution is -2.27. The third kappa shape index (κ3) is 2.51. The van der Waals surface area contributed by atoms with Crippen molar-refractivity contribution in [2.45, 2.75) is 20.7 Å². The zero-order valence-corrected chi connectivity index (χ0v) is 6.10. The van der Waals surface area contributed by atoms with E-state index in [1.807, 2.05) is 13.8 Å². The van der Waals surface area contributed by atoms with Crippen LogP contribution in [0.15, 0.2) is 0 Å². The van der Waals surface area contributed by atoms with E-state index in [1.54, 1.807) is 6.82 Å². The summed E-state index contributed by atoms with van der Waals surface area (Å²) in [7, 11) is 0. The molecule has 1 aliphatic rings. The lowest BCUT2D eigenvalue weighted by molar-refractivity contribution is 0.182. The second kappa shape index (κ2) is 4.38. The smallest absolute Gasteiger partial charge is 0.355 e. The van der Waals surface area contributed by atoms with E-state index in [2.05, 4.69) is 9.96 Å². The Balaban J connectivity index is 0.000000291. The summed E-state index contributed by atoms with van der Waals surface area (Å²) in [6.45, 7) is 6.05. The molecular formula is C5H12BNO2. The van der Waals surface area contributed by atoms with Crippen LogP contribution in [0.3, 0.4) is 0 Å². The Morgan fingerprint density at radius 1 is 1.67 bits per heavy atom. The summed E-state index contributed by atoms with van der Waals surface area (Å²) < 4.78 is 4.52. The normalized spacial score (nSPS) is 16.3. The van der Waals surface area contributed by atoms with Crippen LogP contribution in [0.1, 0.15) is 13.8 Å². The van der Waals surface area contributed by atoms with E-state index in [4.69, 9.17) is 0 Å². The van der Waals surface area contributed by atoms with Crippen LogP contribution in [-0.2, 0) is 4.74 Å². The van der Waals surface area contributed by atoms with Gasteiger partial charge in [-0.15, -0.1) is 0 Å². The molecule has 1 fully saturated rings. The number of carbonyl (C=O) groups excluding carboxylic acids is 1. The third-order valence-corrected chi connectivity index (χ3v) is 0.958. The molecule has 0 aromatic rings. The number of hydrogen-bond acceptors (Lipinski definition) is 3. The highest BCUT2D eigenvalue weighted by Gasteiger charge is 2.24. The highest BCUT2D eigenvalue weighted by Crippen LogP contribution is 1.91. The first kappa shape index (κ1) is 8.49. The summed E-state index contributed by atoms with van der Waals surface area (Å²) >= 11 is 0. The van der Waals surface area contributed by atoms with Gasteiger partial charge in [-0.1, -0.05) is 20.7 Å². The molecule has 0 saturated carbocycles. The second-order valence-electron chi connectivity index (χ2n) is 1.53. The van der Waals surface area contributed by atoms with Crippen molar-refractivity contribution in [3.05, 3.63) is 0 Å². The molecule has 0 amide bonds. The largest absolute Gasteiger partial charge is 0.457 e. The number of cyclic esters (lactones) is 1. The Bertz CT molecular complexity index is 97.0. The van der Waals surface area contributed by atoms with Crippen molar-refractivity contribution in [1.82, 2.24) is 5.23 Å². The fraction of sp³-hybridized carbons (Fsp3) is 0.800. The first-order valence-electron chi connectivity index (χ1n) is 3.21. The van der Waals surface area contributed by atoms with Crippen LogP contribution in [0.4, 0.5) is 4.79 Å². The molecule has 1 aliphatic heterocycles. The molecule has 9 heavy (non-hydrogen) atoms. The molecule has 0 atom stereocenters. The maximum Gasteiger partial charge on any atom is 0.355 e. The summed E-state index contributed by atoms with van der Waals surface area (Å²) in [5.41, 5.74) is 0. The molecular weight excluding hydrogens is 117 g/mol. The first-order chi connectivity index (χ1) is 4.30. The Labute approximate surface area is 55.9 Å². The molecule has 0 unspecified atom stereocenters. The Morgan fingerprint density at radius 2 is 2.22 bits per heavy atom. The summed E-state index contributed by atoms with van der Waals surface area (Å²) in [6.07, 6.45) is 0. The maximum atomic E-state index is 10.3. The molecule has 1 N–H and O–H groups in total. The molecule has 52 valence electrons. The molecule has 0 aromatic carbocycles. The van der Waals surface area contributed by atoms with Crippen molar-refractivity contribution >= 4 is 12.7 Å².